The molecule has 1 fully saturated rings. The van der Waals surface area contributed by atoms with Gasteiger partial charge in [-0.25, -0.2) is 4.98 Å². The van der Waals surface area contributed by atoms with Crippen molar-refractivity contribution in [2.45, 2.75) is 6.92 Å². The lowest BCUT2D eigenvalue weighted by atomic mass is 10.3. The van der Waals surface area contributed by atoms with Crippen molar-refractivity contribution in [2.24, 2.45) is 0 Å². The molecule has 2 rings (SSSR count). The molecule has 0 bridgehead atoms. The van der Waals surface area contributed by atoms with E-state index in [4.69, 9.17) is 0 Å². The van der Waals surface area contributed by atoms with Crippen molar-refractivity contribution in [3.05, 3.63) is 23.8 Å². The van der Waals surface area contributed by atoms with E-state index in [1.165, 1.54) is 6.20 Å². The standard InChI is InChI=1S/C12H19N5O/c1-10-8-16-11(9-15-10)12(18)14-4-7-17-5-2-13-3-6-17/h8-9,13H,2-7H2,1H3,(H,14,18). The molecule has 0 atom stereocenters. The summed E-state index contributed by atoms with van der Waals surface area (Å²) in [7, 11) is 0. The Balaban J connectivity index is 1.72. The molecule has 0 unspecified atom stereocenters. The molecule has 0 saturated carbocycles. The number of hydrogen-bond acceptors (Lipinski definition) is 5. The summed E-state index contributed by atoms with van der Waals surface area (Å²) in [5.74, 6) is -0.155. The highest BCUT2D eigenvalue weighted by Gasteiger charge is 2.10. The Morgan fingerprint density at radius 2 is 2.17 bits per heavy atom. The van der Waals surface area contributed by atoms with E-state index in [0.717, 1.165) is 38.4 Å². The smallest absolute Gasteiger partial charge is 0.271 e. The van der Waals surface area contributed by atoms with Crippen molar-refractivity contribution < 1.29 is 4.79 Å². The molecule has 2 heterocycles. The van der Waals surface area contributed by atoms with Crippen LogP contribution >= 0.6 is 0 Å². The van der Waals surface area contributed by atoms with E-state index in [0.29, 0.717) is 12.2 Å². The van der Waals surface area contributed by atoms with Crippen molar-refractivity contribution in [3.63, 3.8) is 0 Å². The fourth-order valence-corrected chi connectivity index (χ4v) is 1.86. The van der Waals surface area contributed by atoms with Gasteiger partial charge in [-0.3, -0.25) is 14.7 Å². The molecule has 1 saturated heterocycles. The topological polar surface area (TPSA) is 70.2 Å². The third kappa shape index (κ3) is 3.75. The number of amides is 1. The lowest BCUT2D eigenvalue weighted by Crippen LogP contribution is -2.46. The molecule has 1 aliphatic heterocycles. The third-order valence-corrected chi connectivity index (χ3v) is 2.94. The number of nitrogens with one attached hydrogen (secondary N) is 2. The van der Waals surface area contributed by atoms with Crippen LogP contribution < -0.4 is 10.6 Å². The molecule has 98 valence electrons. The summed E-state index contributed by atoms with van der Waals surface area (Å²) in [6, 6.07) is 0. The average molecular weight is 249 g/mol. The average Bonchev–Trinajstić information content (AvgIpc) is 2.40. The van der Waals surface area contributed by atoms with Gasteiger partial charge in [0.25, 0.3) is 5.91 Å². The first-order valence-electron chi connectivity index (χ1n) is 6.25. The van der Waals surface area contributed by atoms with Gasteiger partial charge in [0.05, 0.1) is 11.9 Å². The Bertz CT molecular complexity index is 386. The SMILES string of the molecule is Cc1cnc(C(=O)NCCN2CCNCC2)cn1. The predicted molar refractivity (Wildman–Crippen MR) is 68.4 cm³/mol. The minimum Gasteiger partial charge on any atom is -0.349 e. The first-order valence-corrected chi connectivity index (χ1v) is 6.25. The van der Waals surface area contributed by atoms with E-state index in [9.17, 15) is 4.79 Å². The largest absolute Gasteiger partial charge is 0.349 e. The molecule has 1 aromatic heterocycles. The van der Waals surface area contributed by atoms with E-state index in [1.54, 1.807) is 6.20 Å². The van der Waals surface area contributed by atoms with Crippen LogP contribution in [0.15, 0.2) is 12.4 Å². The molecule has 0 aliphatic carbocycles. The molecule has 6 nitrogen and oxygen atoms in total. The fourth-order valence-electron chi connectivity index (χ4n) is 1.86. The van der Waals surface area contributed by atoms with Crippen LogP contribution in [0.2, 0.25) is 0 Å². The zero-order valence-electron chi connectivity index (χ0n) is 10.6. The van der Waals surface area contributed by atoms with Crippen molar-refractivity contribution in [3.8, 4) is 0 Å². The molecule has 1 amide bonds. The normalized spacial score (nSPS) is 16.5. The van der Waals surface area contributed by atoms with Crippen LogP contribution in [-0.4, -0.2) is 60.0 Å². The number of carbonyl (C=O) groups is 1. The molecule has 0 spiro atoms. The number of piperazine rings is 1. The zero-order valence-corrected chi connectivity index (χ0v) is 10.6. The van der Waals surface area contributed by atoms with Crippen molar-refractivity contribution in [2.75, 3.05) is 39.3 Å². The molecular formula is C12H19N5O. The molecule has 18 heavy (non-hydrogen) atoms. The van der Waals surface area contributed by atoms with Gasteiger partial charge in [-0.1, -0.05) is 0 Å². The summed E-state index contributed by atoms with van der Waals surface area (Å²) in [6.45, 7) is 7.51. The minimum atomic E-state index is -0.155. The fraction of sp³-hybridized carbons (Fsp3) is 0.583. The van der Waals surface area contributed by atoms with E-state index < -0.39 is 0 Å². The molecule has 0 aromatic carbocycles. The molecule has 6 heteroatoms. The highest BCUT2D eigenvalue weighted by Crippen LogP contribution is 1.94. The summed E-state index contributed by atoms with van der Waals surface area (Å²) in [5.41, 5.74) is 1.19. The summed E-state index contributed by atoms with van der Waals surface area (Å²) in [6.07, 6.45) is 3.11. The number of aromatic nitrogens is 2. The van der Waals surface area contributed by atoms with E-state index >= 15 is 0 Å². The lowest BCUT2D eigenvalue weighted by molar-refractivity contribution is 0.0942. The molecule has 0 radical (unpaired) electrons. The summed E-state index contributed by atoms with van der Waals surface area (Å²) in [4.78, 5) is 22.2. The maximum Gasteiger partial charge on any atom is 0.271 e. The lowest BCUT2D eigenvalue weighted by Gasteiger charge is -2.27. The first kappa shape index (κ1) is 12.9. The highest BCUT2D eigenvalue weighted by molar-refractivity contribution is 5.91. The van der Waals surface area contributed by atoms with Gasteiger partial charge in [-0.2, -0.15) is 0 Å². The third-order valence-electron chi connectivity index (χ3n) is 2.94. The van der Waals surface area contributed by atoms with Gasteiger partial charge in [0.15, 0.2) is 0 Å². The van der Waals surface area contributed by atoms with Crippen LogP contribution in [0.1, 0.15) is 16.2 Å². The second-order valence-corrected chi connectivity index (χ2v) is 4.39. The predicted octanol–water partition coefficient (Wildman–Crippen LogP) is -0.580. The van der Waals surface area contributed by atoms with Gasteiger partial charge in [-0.05, 0) is 6.92 Å². The molecule has 1 aromatic rings. The van der Waals surface area contributed by atoms with E-state index in [1.807, 2.05) is 6.92 Å². The highest BCUT2D eigenvalue weighted by atomic mass is 16.1. The van der Waals surface area contributed by atoms with Crippen LogP contribution in [0.4, 0.5) is 0 Å². The van der Waals surface area contributed by atoms with Gasteiger partial charge in [-0.15, -0.1) is 0 Å². The Morgan fingerprint density at radius 3 is 2.83 bits per heavy atom. The van der Waals surface area contributed by atoms with Gasteiger partial charge in [0.1, 0.15) is 5.69 Å². The zero-order chi connectivity index (χ0) is 12.8. The van der Waals surface area contributed by atoms with E-state index in [-0.39, 0.29) is 5.91 Å². The quantitative estimate of drug-likeness (QED) is 0.747. The van der Waals surface area contributed by atoms with Crippen molar-refractivity contribution >= 4 is 5.91 Å². The minimum absolute atomic E-state index is 0.155. The number of aryl methyl sites for hydroxylation is 1. The molecular weight excluding hydrogens is 230 g/mol. The van der Waals surface area contributed by atoms with Crippen LogP contribution in [0.3, 0.4) is 0 Å². The number of nitrogens with zero attached hydrogens (tertiary/aromatic N) is 3. The summed E-state index contributed by atoms with van der Waals surface area (Å²) < 4.78 is 0. The monoisotopic (exact) mass is 249 g/mol. The maximum absolute atomic E-state index is 11.8. The Kier molecular flexibility index (Phi) is 4.60. The Hall–Kier alpha value is -1.53. The summed E-state index contributed by atoms with van der Waals surface area (Å²) >= 11 is 0. The number of rotatable bonds is 4. The van der Waals surface area contributed by atoms with E-state index in [2.05, 4.69) is 25.5 Å². The Labute approximate surface area is 107 Å². The van der Waals surface area contributed by atoms with Gasteiger partial charge < -0.3 is 10.6 Å². The van der Waals surface area contributed by atoms with Crippen LogP contribution in [-0.2, 0) is 0 Å². The van der Waals surface area contributed by atoms with Gasteiger partial charge in [0, 0.05) is 45.5 Å². The molecule has 1 aliphatic rings. The maximum atomic E-state index is 11.8. The van der Waals surface area contributed by atoms with Gasteiger partial charge in [0.2, 0.25) is 0 Å². The Morgan fingerprint density at radius 1 is 1.39 bits per heavy atom. The second kappa shape index (κ2) is 6.42. The van der Waals surface area contributed by atoms with Gasteiger partial charge >= 0.3 is 0 Å². The summed E-state index contributed by atoms with van der Waals surface area (Å²) in [5, 5.41) is 6.16. The van der Waals surface area contributed by atoms with Crippen LogP contribution in [0, 0.1) is 6.92 Å². The van der Waals surface area contributed by atoms with Crippen molar-refractivity contribution in [1.29, 1.82) is 0 Å². The second-order valence-electron chi connectivity index (χ2n) is 4.39. The van der Waals surface area contributed by atoms with Crippen LogP contribution in [0.5, 0.6) is 0 Å². The molecule has 2 N–H and O–H groups in total. The first-order chi connectivity index (χ1) is 8.75. The van der Waals surface area contributed by atoms with Crippen molar-refractivity contribution in [1.82, 2.24) is 25.5 Å². The number of carbonyl (C=O) groups excluding carboxylic acids is 1. The van der Waals surface area contributed by atoms with Crippen LogP contribution in [0.25, 0.3) is 0 Å². The number of hydrogen-bond donors (Lipinski definition) is 2.